The van der Waals surface area contributed by atoms with Gasteiger partial charge in [-0.2, -0.15) is 0 Å². The van der Waals surface area contributed by atoms with Crippen molar-refractivity contribution < 1.29 is 23.9 Å². The lowest BCUT2D eigenvalue weighted by Crippen LogP contribution is -2.30. The van der Waals surface area contributed by atoms with Gasteiger partial charge < -0.3 is 14.8 Å². The van der Waals surface area contributed by atoms with Crippen LogP contribution >= 0.6 is 11.6 Å². The van der Waals surface area contributed by atoms with Crippen LogP contribution in [-0.2, 0) is 9.53 Å². The number of ether oxygens (including phenoxy) is 2. The molecule has 1 unspecified atom stereocenters. The van der Waals surface area contributed by atoms with Gasteiger partial charge in [0.1, 0.15) is 11.3 Å². The Morgan fingerprint density at radius 3 is 2.50 bits per heavy atom. The van der Waals surface area contributed by atoms with Gasteiger partial charge in [0.15, 0.2) is 11.9 Å². The number of carbonyl (C=O) groups is 3. The van der Waals surface area contributed by atoms with Crippen molar-refractivity contribution in [3.63, 3.8) is 0 Å². The summed E-state index contributed by atoms with van der Waals surface area (Å²) in [6.45, 7) is 2.88. The summed E-state index contributed by atoms with van der Waals surface area (Å²) in [6.07, 6.45) is -1.06. The quantitative estimate of drug-likeness (QED) is 0.614. The van der Waals surface area contributed by atoms with Crippen molar-refractivity contribution in [1.29, 1.82) is 0 Å². The summed E-state index contributed by atoms with van der Waals surface area (Å²) in [5.41, 5.74) is 1.03. The number of esters is 1. The van der Waals surface area contributed by atoms with Crippen molar-refractivity contribution in [2.75, 3.05) is 12.4 Å². The minimum Gasteiger partial charge on any atom is -0.496 e. The second-order valence-corrected chi connectivity index (χ2v) is 5.95. The van der Waals surface area contributed by atoms with Crippen LogP contribution in [0.15, 0.2) is 42.5 Å². The van der Waals surface area contributed by atoms with Crippen molar-refractivity contribution in [1.82, 2.24) is 0 Å². The second-order valence-electron chi connectivity index (χ2n) is 5.52. The van der Waals surface area contributed by atoms with Crippen LogP contribution in [0.2, 0.25) is 5.02 Å². The van der Waals surface area contributed by atoms with Crippen molar-refractivity contribution >= 4 is 34.9 Å². The smallest absolute Gasteiger partial charge is 0.342 e. The summed E-state index contributed by atoms with van der Waals surface area (Å²) in [6, 6.07) is 11.0. The highest BCUT2D eigenvalue weighted by molar-refractivity contribution is 6.31. The zero-order valence-corrected chi connectivity index (χ0v) is 15.3. The average molecular weight is 376 g/mol. The third-order valence-electron chi connectivity index (χ3n) is 3.57. The topological polar surface area (TPSA) is 81.7 Å². The van der Waals surface area contributed by atoms with Gasteiger partial charge in [-0.3, -0.25) is 9.59 Å². The molecule has 2 rings (SSSR count). The summed E-state index contributed by atoms with van der Waals surface area (Å²) in [5.74, 6) is -1.08. The van der Waals surface area contributed by atoms with E-state index in [0.29, 0.717) is 22.0 Å². The fourth-order valence-electron chi connectivity index (χ4n) is 2.18. The van der Waals surface area contributed by atoms with E-state index >= 15 is 0 Å². The molecule has 0 aliphatic carbocycles. The molecule has 1 atom stereocenters. The molecule has 0 aromatic heterocycles. The van der Waals surface area contributed by atoms with E-state index in [1.165, 1.54) is 33.1 Å². The molecule has 26 heavy (non-hydrogen) atoms. The molecule has 1 N–H and O–H groups in total. The lowest BCUT2D eigenvalue weighted by atomic mass is 10.1. The van der Waals surface area contributed by atoms with Gasteiger partial charge in [-0.25, -0.2) is 4.79 Å². The van der Waals surface area contributed by atoms with Crippen LogP contribution in [0.1, 0.15) is 34.6 Å². The number of benzene rings is 2. The molecule has 0 aliphatic heterocycles. The van der Waals surface area contributed by atoms with Crippen molar-refractivity contribution in [3.8, 4) is 5.75 Å². The molecule has 0 spiro atoms. The van der Waals surface area contributed by atoms with E-state index in [0.717, 1.165) is 0 Å². The van der Waals surface area contributed by atoms with Gasteiger partial charge in [-0.1, -0.05) is 23.7 Å². The van der Waals surface area contributed by atoms with Gasteiger partial charge in [0, 0.05) is 16.3 Å². The molecule has 0 heterocycles. The van der Waals surface area contributed by atoms with Crippen LogP contribution in [0.4, 0.5) is 5.69 Å². The van der Waals surface area contributed by atoms with Crippen molar-refractivity contribution in [2.45, 2.75) is 20.0 Å². The summed E-state index contributed by atoms with van der Waals surface area (Å²) in [4.78, 5) is 36.0. The fourth-order valence-corrected chi connectivity index (χ4v) is 2.35. The van der Waals surface area contributed by atoms with Crippen LogP contribution in [0.3, 0.4) is 0 Å². The van der Waals surface area contributed by atoms with Gasteiger partial charge in [0.2, 0.25) is 0 Å². The Kier molecular flexibility index (Phi) is 6.36. The fraction of sp³-hybridized carbons (Fsp3) is 0.211. The van der Waals surface area contributed by atoms with Crippen LogP contribution in [0.5, 0.6) is 5.75 Å². The summed E-state index contributed by atoms with van der Waals surface area (Å²) >= 11 is 5.89. The molecule has 0 fully saturated rings. The van der Waals surface area contributed by atoms with Gasteiger partial charge in [-0.05, 0) is 44.2 Å². The van der Waals surface area contributed by atoms with Crippen molar-refractivity contribution in [2.24, 2.45) is 0 Å². The van der Waals surface area contributed by atoms with E-state index in [9.17, 15) is 14.4 Å². The maximum atomic E-state index is 12.3. The van der Waals surface area contributed by atoms with Crippen LogP contribution in [-0.4, -0.2) is 30.9 Å². The lowest BCUT2D eigenvalue weighted by molar-refractivity contribution is -0.123. The second kappa shape index (κ2) is 8.49. The van der Waals surface area contributed by atoms with Gasteiger partial charge >= 0.3 is 5.97 Å². The van der Waals surface area contributed by atoms with E-state index in [4.69, 9.17) is 21.1 Å². The van der Waals surface area contributed by atoms with Gasteiger partial charge in [0.05, 0.1) is 7.11 Å². The number of carbonyl (C=O) groups excluding carboxylic acids is 3. The highest BCUT2D eigenvalue weighted by atomic mass is 35.5. The molecule has 2 aromatic rings. The monoisotopic (exact) mass is 375 g/mol. The Bertz CT molecular complexity index is 850. The summed E-state index contributed by atoms with van der Waals surface area (Å²) < 4.78 is 10.3. The Balaban J connectivity index is 2.07. The zero-order valence-electron chi connectivity index (χ0n) is 14.5. The minimum atomic E-state index is -1.06. The molecule has 0 radical (unpaired) electrons. The molecule has 0 aliphatic rings. The Morgan fingerprint density at radius 2 is 1.85 bits per heavy atom. The molecule has 0 saturated heterocycles. The molecular formula is C19H18ClNO5. The number of methoxy groups -OCH3 is 1. The number of halogens is 1. The standard InChI is InChI=1S/C19H18ClNO5/c1-11(22)13-5-4-6-15(9-13)21-18(23)12(2)26-19(24)16-10-14(20)7-8-17(16)25-3/h4-10,12H,1-3H3,(H,21,23). The van der Waals surface area contributed by atoms with E-state index in [-0.39, 0.29) is 11.3 Å². The first kappa shape index (κ1) is 19.5. The number of anilines is 1. The summed E-state index contributed by atoms with van der Waals surface area (Å²) in [7, 11) is 1.41. The summed E-state index contributed by atoms with van der Waals surface area (Å²) in [5, 5.41) is 2.95. The molecule has 7 heteroatoms. The normalized spacial score (nSPS) is 11.4. The minimum absolute atomic E-state index is 0.117. The van der Waals surface area contributed by atoms with Crippen LogP contribution in [0.25, 0.3) is 0 Å². The molecule has 136 valence electrons. The highest BCUT2D eigenvalue weighted by Gasteiger charge is 2.22. The van der Waals surface area contributed by atoms with E-state index in [2.05, 4.69) is 5.32 Å². The number of ketones is 1. The van der Waals surface area contributed by atoms with Crippen molar-refractivity contribution in [3.05, 3.63) is 58.6 Å². The molecular weight excluding hydrogens is 358 g/mol. The molecule has 2 aromatic carbocycles. The van der Waals surface area contributed by atoms with E-state index in [1.54, 1.807) is 30.3 Å². The number of rotatable bonds is 6. The first-order valence-electron chi connectivity index (χ1n) is 7.78. The third kappa shape index (κ3) is 4.83. The maximum absolute atomic E-state index is 12.3. The first-order valence-corrected chi connectivity index (χ1v) is 8.16. The van der Waals surface area contributed by atoms with Gasteiger partial charge in [-0.15, -0.1) is 0 Å². The predicted molar refractivity (Wildman–Crippen MR) is 98.0 cm³/mol. The van der Waals surface area contributed by atoms with Gasteiger partial charge in [0.25, 0.3) is 5.91 Å². The first-order chi connectivity index (χ1) is 12.3. The Morgan fingerprint density at radius 1 is 1.12 bits per heavy atom. The van der Waals surface area contributed by atoms with E-state index < -0.39 is 18.0 Å². The molecule has 0 saturated carbocycles. The number of hydrogen-bond acceptors (Lipinski definition) is 5. The van der Waals surface area contributed by atoms with Crippen LogP contribution < -0.4 is 10.1 Å². The maximum Gasteiger partial charge on any atom is 0.342 e. The number of nitrogens with one attached hydrogen (secondary N) is 1. The number of Topliss-reactive ketones (excluding diaryl/α,β-unsaturated/α-hetero) is 1. The van der Waals surface area contributed by atoms with Crippen LogP contribution in [0, 0.1) is 0 Å². The molecule has 6 nitrogen and oxygen atoms in total. The zero-order chi connectivity index (χ0) is 19.3. The highest BCUT2D eigenvalue weighted by Crippen LogP contribution is 2.24. The van der Waals surface area contributed by atoms with E-state index in [1.807, 2.05) is 0 Å². The number of hydrogen-bond donors (Lipinski definition) is 1. The Labute approximate surface area is 156 Å². The number of amides is 1. The third-order valence-corrected chi connectivity index (χ3v) is 3.81. The molecule has 1 amide bonds. The molecule has 0 bridgehead atoms. The lowest BCUT2D eigenvalue weighted by Gasteiger charge is -2.15. The Hall–Kier alpha value is -2.86. The largest absolute Gasteiger partial charge is 0.496 e. The average Bonchev–Trinajstić information content (AvgIpc) is 2.61. The SMILES string of the molecule is COc1ccc(Cl)cc1C(=O)OC(C)C(=O)Nc1cccc(C(C)=O)c1. The predicted octanol–water partition coefficient (Wildman–Crippen LogP) is 3.74.